The second kappa shape index (κ2) is 24.3. The lowest BCUT2D eigenvalue weighted by molar-refractivity contribution is -0.387. The summed E-state index contributed by atoms with van der Waals surface area (Å²) < 4.78 is 60.3. The van der Waals surface area contributed by atoms with Gasteiger partial charge in [-0.25, -0.2) is 0 Å². The van der Waals surface area contributed by atoms with E-state index >= 15 is 4.79 Å². The van der Waals surface area contributed by atoms with Crippen molar-refractivity contribution in [2.45, 2.75) is 255 Å². The van der Waals surface area contributed by atoms with Gasteiger partial charge in [-0.3, -0.25) is 14.4 Å². The Hall–Kier alpha value is -2.65. The van der Waals surface area contributed by atoms with Gasteiger partial charge in [-0.1, -0.05) is 53.2 Å². The third-order valence-corrected chi connectivity index (χ3v) is 22.0. The van der Waals surface area contributed by atoms with Gasteiger partial charge in [0.25, 0.3) is 0 Å². The lowest BCUT2D eigenvalue weighted by atomic mass is 9.33. The highest BCUT2D eigenvalue weighted by molar-refractivity contribution is 5.79. The highest BCUT2D eigenvalue weighted by atomic mass is 16.8. The number of ether oxygens (including phenoxy) is 10. The van der Waals surface area contributed by atoms with Crippen LogP contribution in [0.1, 0.15) is 120 Å². The van der Waals surface area contributed by atoms with Crippen molar-refractivity contribution in [3.8, 4) is 0 Å². The van der Waals surface area contributed by atoms with Gasteiger partial charge < -0.3 is 114 Å². The zero-order chi connectivity index (χ0) is 61.7. The van der Waals surface area contributed by atoms with E-state index in [9.17, 15) is 76.0 Å². The molecule has 480 valence electrons. The van der Waals surface area contributed by atoms with Crippen LogP contribution in [-0.4, -0.2) is 246 Å². The number of esters is 3. The second-order valence-electron chi connectivity index (χ2n) is 27.5. The van der Waals surface area contributed by atoms with Gasteiger partial charge in [0.1, 0.15) is 92.1 Å². The molecule has 13 N–H and O–H groups in total. The molecule has 0 bridgehead atoms. The van der Waals surface area contributed by atoms with Gasteiger partial charge in [0.05, 0.1) is 43.5 Å². The second-order valence-corrected chi connectivity index (χ2v) is 27.5. The van der Waals surface area contributed by atoms with E-state index in [0.717, 1.165) is 12.5 Å². The molecule has 84 heavy (non-hydrogen) atoms. The Bertz CT molecular complexity index is 2390. The number of aliphatic hydroxyl groups excluding tert-OH is 13. The Kier molecular flexibility index (Phi) is 19.0. The number of hydrogen-bond donors (Lipinski definition) is 13. The molecule has 0 amide bonds. The molecule has 4 saturated carbocycles. The van der Waals surface area contributed by atoms with Crippen molar-refractivity contribution in [1.29, 1.82) is 0 Å². The van der Waals surface area contributed by atoms with Crippen LogP contribution in [0.4, 0.5) is 0 Å². The molecular formula is C58H92O26. The maximum atomic E-state index is 15.9. The van der Waals surface area contributed by atoms with Gasteiger partial charge in [-0.05, 0) is 104 Å². The van der Waals surface area contributed by atoms with Crippen LogP contribution in [0, 0.1) is 50.2 Å². The fourth-order valence-corrected chi connectivity index (χ4v) is 17.0. The van der Waals surface area contributed by atoms with Crippen LogP contribution in [0.15, 0.2) is 11.6 Å². The lowest BCUT2D eigenvalue weighted by Gasteiger charge is -2.71. The van der Waals surface area contributed by atoms with Gasteiger partial charge >= 0.3 is 17.9 Å². The normalized spacial score (nSPS) is 51.8. The minimum atomic E-state index is -2.02. The molecule has 0 aromatic rings. The minimum absolute atomic E-state index is 0.109. The van der Waals surface area contributed by atoms with E-state index in [1.807, 2.05) is 6.92 Å². The van der Waals surface area contributed by atoms with E-state index in [-0.39, 0.29) is 30.3 Å². The molecule has 26 heteroatoms. The Morgan fingerprint density at radius 2 is 1.11 bits per heavy atom. The molecule has 4 aliphatic heterocycles. The van der Waals surface area contributed by atoms with Crippen LogP contribution in [0.2, 0.25) is 0 Å². The van der Waals surface area contributed by atoms with Gasteiger partial charge in [0, 0.05) is 19.3 Å². The summed E-state index contributed by atoms with van der Waals surface area (Å²) in [6, 6.07) is 0. The summed E-state index contributed by atoms with van der Waals surface area (Å²) in [6.45, 7) is 14.3. The molecule has 0 aromatic carbocycles. The first-order chi connectivity index (χ1) is 39.2. The first-order valence-electron chi connectivity index (χ1n) is 29.7. The largest absolute Gasteiger partial charge is 0.465 e. The van der Waals surface area contributed by atoms with Crippen LogP contribution in [0.5, 0.6) is 0 Å². The fourth-order valence-electron chi connectivity index (χ4n) is 17.0. The number of fused-ring (bicyclic) bond motifs is 7. The summed E-state index contributed by atoms with van der Waals surface area (Å²) in [5, 5.41) is 142. The monoisotopic (exact) mass is 1200 g/mol. The number of allylic oxidation sites excluding steroid dienone is 2. The third-order valence-electron chi connectivity index (χ3n) is 22.0. The summed E-state index contributed by atoms with van der Waals surface area (Å²) in [6.07, 6.45) is -30.5. The van der Waals surface area contributed by atoms with Crippen molar-refractivity contribution in [3.63, 3.8) is 0 Å². The van der Waals surface area contributed by atoms with Crippen molar-refractivity contribution < 1.29 is 128 Å². The Labute approximate surface area is 488 Å². The summed E-state index contributed by atoms with van der Waals surface area (Å²) in [5.74, 6) is -2.88. The standard InChI is InChI=1S/C58H92O26/c1-24-35(64)39(68)42(71)48(77-24)82-46-45(81-49-43(72)40(69)36(65)30(20-59)78-49)38(67)32(22-75-25(2)61)80-51(46)84-52(74)58-16-14-53(4,5)18-28(58)27-10-11-34-54(6)19-29(63)47(83-50-44(73)41(70)37(66)31(21-60)79-50)55(7,23-76-26(3)62)33(54)12-13-57(34,9)56(27,8)15-17-58/h10,24,28-51,59-60,63-73H,11-23H2,1-9H3/t24-,28-,29-,30+,31+,32+,33+,34+,35-,36-,37+,38+,39+,40-,41-,42+,43+,44+,45-,46+,47-,48-,49-,50-,51-,54-,55-,56+,57+,58-/m0/s1. The fraction of sp³-hybridized carbons (Fsp3) is 0.914. The number of carbonyl (C=O) groups excluding carboxylic acids is 3. The molecule has 26 nitrogen and oxygen atoms in total. The van der Waals surface area contributed by atoms with Crippen molar-refractivity contribution in [2.75, 3.05) is 26.4 Å². The average molecular weight is 1210 g/mol. The summed E-state index contributed by atoms with van der Waals surface area (Å²) >= 11 is 0. The minimum Gasteiger partial charge on any atom is -0.465 e. The van der Waals surface area contributed by atoms with E-state index in [1.54, 1.807) is 0 Å². The number of carbonyl (C=O) groups is 3. The van der Waals surface area contributed by atoms with Crippen molar-refractivity contribution in [1.82, 2.24) is 0 Å². The zero-order valence-electron chi connectivity index (χ0n) is 49.3. The topological polar surface area (TPSA) is 407 Å². The molecule has 0 aromatic heterocycles. The summed E-state index contributed by atoms with van der Waals surface area (Å²) in [4.78, 5) is 40.8. The molecule has 30 atom stereocenters. The predicted octanol–water partition coefficient (Wildman–Crippen LogP) is -1.92. The lowest BCUT2D eigenvalue weighted by Crippen LogP contribution is -2.70. The van der Waals surface area contributed by atoms with Gasteiger partial charge in [-0.15, -0.1) is 0 Å². The molecule has 0 spiro atoms. The molecule has 8 fully saturated rings. The molecule has 0 radical (unpaired) electrons. The molecular weight excluding hydrogens is 1110 g/mol. The van der Waals surface area contributed by atoms with E-state index in [1.165, 1.54) is 13.8 Å². The molecule has 4 saturated heterocycles. The zero-order valence-corrected chi connectivity index (χ0v) is 49.3. The molecule has 9 rings (SSSR count). The molecule has 5 aliphatic carbocycles. The molecule has 4 heterocycles. The summed E-state index contributed by atoms with van der Waals surface area (Å²) in [7, 11) is 0. The van der Waals surface area contributed by atoms with Crippen LogP contribution in [-0.2, 0) is 61.8 Å². The van der Waals surface area contributed by atoms with Gasteiger partial charge in [-0.2, -0.15) is 0 Å². The molecule has 9 aliphatic rings. The van der Waals surface area contributed by atoms with Crippen LogP contribution >= 0.6 is 0 Å². The van der Waals surface area contributed by atoms with E-state index in [2.05, 4.69) is 40.7 Å². The van der Waals surface area contributed by atoms with E-state index in [0.29, 0.717) is 51.4 Å². The van der Waals surface area contributed by atoms with E-state index in [4.69, 9.17) is 47.4 Å². The Balaban J connectivity index is 1.06. The maximum Gasteiger partial charge on any atom is 0.315 e. The highest BCUT2D eigenvalue weighted by Gasteiger charge is 2.72. The van der Waals surface area contributed by atoms with Crippen LogP contribution in [0.25, 0.3) is 0 Å². The van der Waals surface area contributed by atoms with Crippen LogP contribution in [0.3, 0.4) is 0 Å². The SMILES string of the molecule is CC(=O)OC[C@H]1O[C@@H](OC(=O)[C@]23CCC(C)(C)C[C@H]2C2=CC[C@@H]4[C@@]5(C)C[C@H](O)[C@H](O[C@@H]6O[C@H](CO)[C@@H](O)[C@H](O)[C@H]6O)[C@@](C)(COC(C)=O)[C@@H]5CC[C@@]4(C)[C@]2(C)CC3)[C@H](O[C@@H]2O[C@@H](C)[C@H](O)[C@@H](O)[C@H]2O)[C@@H](O[C@@H]2O[C@H](CO)[C@H](O)[C@H](O)[C@H]2O)[C@@H]1O. The third kappa shape index (κ3) is 11.2. The first kappa shape index (κ1) is 65.8. The maximum absolute atomic E-state index is 15.9. The Morgan fingerprint density at radius 1 is 0.571 bits per heavy atom. The van der Waals surface area contributed by atoms with E-state index < -0.39 is 206 Å². The first-order valence-corrected chi connectivity index (χ1v) is 29.7. The molecule has 0 unspecified atom stereocenters. The van der Waals surface area contributed by atoms with Gasteiger partial charge in [0.15, 0.2) is 25.0 Å². The van der Waals surface area contributed by atoms with Gasteiger partial charge in [0.2, 0.25) is 6.29 Å². The quantitative estimate of drug-likeness (QED) is 0.0390. The van der Waals surface area contributed by atoms with Crippen molar-refractivity contribution >= 4 is 17.9 Å². The number of hydrogen-bond acceptors (Lipinski definition) is 26. The Morgan fingerprint density at radius 3 is 1.69 bits per heavy atom. The van der Waals surface area contributed by atoms with Crippen LogP contribution < -0.4 is 0 Å². The predicted molar refractivity (Wildman–Crippen MR) is 283 cm³/mol. The van der Waals surface area contributed by atoms with Crippen molar-refractivity contribution in [2.24, 2.45) is 50.2 Å². The smallest absolute Gasteiger partial charge is 0.315 e. The summed E-state index contributed by atoms with van der Waals surface area (Å²) in [5.41, 5.74) is -3.28. The number of rotatable bonds is 14. The van der Waals surface area contributed by atoms with Crippen molar-refractivity contribution in [3.05, 3.63) is 11.6 Å². The highest BCUT2D eigenvalue weighted by Crippen LogP contribution is 2.76. The number of aliphatic hydroxyl groups is 13. The average Bonchev–Trinajstić information content (AvgIpc) is 0.697.